The summed E-state index contributed by atoms with van der Waals surface area (Å²) in [5, 5.41) is 11.8. The SMILES string of the molecule is COc1ccc(C2CN(CCO)C(=O)C2NC(=O)OCc2ccccc2)c(F)c1. The van der Waals surface area contributed by atoms with Crippen LogP contribution in [0.25, 0.3) is 0 Å². The van der Waals surface area contributed by atoms with Gasteiger partial charge in [0.2, 0.25) is 5.91 Å². The maximum absolute atomic E-state index is 14.6. The molecule has 1 heterocycles. The number of benzene rings is 2. The molecule has 29 heavy (non-hydrogen) atoms. The second-order valence-electron chi connectivity index (χ2n) is 6.69. The molecule has 0 bridgehead atoms. The minimum absolute atomic E-state index is 0.0511. The van der Waals surface area contributed by atoms with E-state index in [9.17, 15) is 19.1 Å². The molecule has 3 rings (SSSR count). The Kier molecular flexibility index (Phi) is 6.66. The number of alkyl carbamates (subject to hydrolysis) is 1. The number of likely N-dealkylation sites (tertiary alicyclic amines) is 1. The van der Waals surface area contributed by atoms with Gasteiger partial charge in [-0.25, -0.2) is 9.18 Å². The number of nitrogens with zero attached hydrogens (tertiary/aromatic N) is 1. The predicted molar refractivity (Wildman–Crippen MR) is 103 cm³/mol. The maximum atomic E-state index is 14.6. The number of methoxy groups -OCH3 is 1. The lowest BCUT2D eigenvalue weighted by Crippen LogP contribution is -2.44. The first-order chi connectivity index (χ1) is 14.0. The Morgan fingerprint density at radius 3 is 2.69 bits per heavy atom. The lowest BCUT2D eigenvalue weighted by molar-refractivity contribution is -0.129. The number of amides is 2. The van der Waals surface area contributed by atoms with E-state index >= 15 is 0 Å². The zero-order valence-electron chi connectivity index (χ0n) is 16.0. The molecular formula is C21H23FN2O5. The lowest BCUT2D eigenvalue weighted by Gasteiger charge is -2.19. The molecule has 8 heteroatoms. The Bertz CT molecular complexity index is 861. The highest BCUT2D eigenvalue weighted by atomic mass is 19.1. The second-order valence-corrected chi connectivity index (χ2v) is 6.69. The summed E-state index contributed by atoms with van der Waals surface area (Å²) in [7, 11) is 1.43. The van der Waals surface area contributed by atoms with Gasteiger partial charge in [-0.05, 0) is 17.2 Å². The first kappa shape index (κ1) is 20.6. The minimum Gasteiger partial charge on any atom is -0.497 e. The van der Waals surface area contributed by atoms with E-state index in [-0.39, 0.29) is 31.9 Å². The Hall–Kier alpha value is -3.13. The monoisotopic (exact) mass is 402 g/mol. The average Bonchev–Trinajstić information content (AvgIpc) is 3.03. The number of aliphatic hydroxyl groups is 1. The van der Waals surface area contributed by atoms with Crippen LogP contribution in [0.5, 0.6) is 5.75 Å². The van der Waals surface area contributed by atoms with Crippen LogP contribution in [-0.2, 0) is 16.1 Å². The van der Waals surface area contributed by atoms with Gasteiger partial charge in [-0.3, -0.25) is 4.79 Å². The van der Waals surface area contributed by atoms with E-state index in [0.29, 0.717) is 5.75 Å². The summed E-state index contributed by atoms with van der Waals surface area (Å²) in [6, 6.07) is 12.5. The van der Waals surface area contributed by atoms with Crippen molar-refractivity contribution in [3.05, 3.63) is 65.5 Å². The summed E-state index contributed by atoms with van der Waals surface area (Å²) in [6.45, 7) is 0.0981. The number of aliphatic hydroxyl groups excluding tert-OH is 1. The third-order valence-corrected chi connectivity index (χ3v) is 4.86. The minimum atomic E-state index is -0.993. The van der Waals surface area contributed by atoms with E-state index in [0.717, 1.165) is 5.56 Å². The summed E-state index contributed by atoms with van der Waals surface area (Å²) in [4.78, 5) is 26.4. The predicted octanol–water partition coefficient (Wildman–Crippen LogP) is 2.05. The van der Waals surface area contributed by atoms with Crippen LogP contribution in [0.3, 0.4) is 0 Å². The van der Waals surface area contributed by atoms with Crippen LogP contribution < -0.4 is 10.1 Å². The molecule has 1 fully saturated rings. The highest BCUT2D eigenvalue weighted by Gasteiger charge is 2.43. The van der Waals surface area contributed by atoms with Gasteiger partial charge in [-0.15, -0.1) is 0 Å². The highest BCUT2D eigenvalue weighted by Crippen LogP contribution is 2.32. The van der Waals surface area contributed by atoms with Gasteiger partial charge in [-0.2, -0.15) is 0 Å². The first-order valence-electron chi connectivity index (χ1n) is 9.23. The molecule has 0 aromatic heterocycles. The van der Waals surface area contributed by atoms with Crippen LogP contribution in [0.2, 0.25) is 0 Å². The standard InChI is InChI=1S/C21H23FN2O5/c1-28-15-7-8-16(18(22)11-15)17-12-24(9-10-25)20(26)19(17)23-21(27)29-13-14-5-3-2-4-6-14/h2-8,11,17,19,25H,9-10,12-13H2,1H3,(H,23,27). The van der Waals surface area contributed by atoms with E-state index in [2.05, 4.69) is 5.32 Å². The van der Waals surface area contributed by atoms with Crippen molar-refractivity contribution in [2.45, 2.75) is 18.6 Å². The van der Waals surface area contributed by atoms with Gasteiger partial charge in [-0.1, -0.05) is 36.4 Å². The fourth-order valence-corrected chi connectivity index (χ4v) is 3.39. The maximum Gasteiger partial charge on any atom is 0.408 e. The summed E-state index contributed by atoms with van der Waals surface area (Å²) in [5.41, 5.74) is 1.09. The van der Waals surface area contributed by atoms with Crippen molar-refractivity contribution < 1.29 is 28.6 Å². The van der Waals surface area contributed by atoms with Gasteiger partial charge in [0, 0.05) is 25.1 Å². The van der Waals surface area contributed by atoms with Gasteiger partial charge >= 0.3 is 6.09 Å². The number of β-amino-alcohol motifs (C(OH)–C–C–N with tert-alkyl or cyclic N) is 1. The average molecular weight is 402 g/mol. The van der Waals surface area contributed by atoms with E-state index in [1.54, 1.807) is 12.1 Å². The second kappa shape index (κ2) is 9.38. The van der Waals surface area contributed by atoms with Crippen LogP contribution in [-0.4, -0.2) is 54.9 Å². The molecule has 1 saturated heterocycles. The number of halogens is 1. The molecule has 7 nitrogen and oxygen atoms in total. The number of carbonyl (C=O) groups excluding carboxylic acids is 2. The van der Waals surface area contributed by atoms with E-state index < -0.39 is 29.8 Å². The Labute approximate surface area is 168 Å². The lowest BCUT2D eigenvalue weighted by atomic mass is 9.93. The molecule has 2 atom stereocenters. The summed E-state index contributed by atoms with van der Waals surface area (Å²) in [6.07, 6.45) is -0.767. The van der Waals surface area contributed by atoms with Crippen LogP contribution in [0.4, 0.5) is 9.18 Å². The van der Waals surface area contributed by atoms with Crippen LogP contribution in [0.15, 0.2) is 48.5 Å². The molecule has 1 aliphatic heterocycles. The number of ether oxygens (including phenoxy) is 2. The van der Waals surface area contributed by atoms with Gasteiger partial charge in [0.25, 0.3) is 0 Å². The molecule has 1 aliphatic rings. The van der Waals surface area contributed by atoms with Crippen molar-refractivity contribution >= 4 is 12.0 Å². The third kappa shape index (κ3) is 4.83. The molecule has 2 N–H and O–H groups in total. The quantitative estimate of drug-likeness (QED) is 0.740. The van der Waals surface area contributed by atoms with Gasteiger partial charge in [0.1, 0.15) is 24.2 Å². The zero-order valence-corrected chi connectivity index (χ0v) is 16.0. The smallest absolute Gasteiger partial charge is 0.408 e. The molecule has 2 aromatic rings. The van der Waals surface area contributed by atoms with Crippen LogP contribution in [0.1, 0.15) is 17.0 Å². The molecule has 0 radical (unpaired) electrons. The normalized spacial score (nSPS) is 18.6. The van der Waals surface area contributed by atoms with Crippen molar-refractivity contribution in [2.75, 3.05) is 26.8 Å². The van der Waals surface area contributed by atoms with E-state index in [4.69, 9.17) is 9.47 Å². The number of hydrogen-bond donors (Lipinski definition) is 2. The summed E-state index contributed by atoms with van der Waals surface area (Å²) >= 11 is 0. The molecule has 0 saturated carbocycles. The van der Waals surface area contributed by atoms with Crippen molar-refractivity contribution in [3.63, 3.8) is 0 Å². The molecule has 2 aromatic carbocycles. The summed E-state index contributed by atoms with van der Waals surface area (Å²) in [5.74, 6) is -1.19. The van der Waals surface area contributed by atoms with E-state index in [1.807, 2.05) is 30.3 Å². The Balaban J connectivity index is 1.75. The number of nitrogens with one attached hydrogen (secondary N) is 1. The van der Waals surface area contributed by atoms with Gasteiger partial charge in [0.05, 0.1) is 13.7 Å². The largest absolute Gasteiger partial charge is 0.497 e. The number of carbonyl (C=O) groups is 2. The molecule has 0 spiro atoms. The van der Waals surface area contributed by atoms with Crippen molar-refractivity contribution in [1.29, 1.82) is 0 Å². The number of rotatable bonds is 7. The first-order valence-corrected chi connectivity index (χ1v) is 9.23. The van der Waals surface area contributed by atoms with Crippen molar-refractivity contribution in [2.24, 2.45) is 0 Å². The Morgan fingerprint density at radius 2 is 2.03 bits per heavy atom. The number of hydrogen-bond acceptors (Lipinski definition) is 5. The third-order valence-electron chi connectivity index (χ3n) is 4.86. The van der Waals surface area contributed by atoms with Crippen LogP contribution in [0, 0.1) is 5.82 Å². The van der Waals surface area contributed by atoms with Gasteiger partial charge < -0.3 is 24.8 Å². The molecule has 2 amide bonds. The van der Waals surface area contributed by atoms with Gasteiger partial charge in [0.15, 0.2) is 0 Å². The highest BCUT2D eigenvalue weighted by molar-refractivity contribution is 5.89. The molecule has 0 aliphatic carbocycles. The zero-order chi connectivity index (χ0) is 20.8. The van der Waals surface area contributed by atoms with Crippen molar-refractivity contribution in [3.8, 4) is 5.75 Å². The van der Waals surface area contributed by atoms with Crippen LogP contribution >= 0.6 is 0 Å². The fraction of sp³-hybridized carbons (Fsp3) is 0.333. The summed E-state index contributed by atoms with van der Waals surface area (Å²) < 4.78 is 24.8. The molecule has 2 unspecified atom stereocenters. The Morgan fingerprint density at radius 1 is 1.28 bits per heavy atom. The van der Waals surface area contributed by atoms with Crippen molar-refractivity contribution in [1.82, 2.24) is 10.2 Å². The van der Waals surface area contributed by atoms with E-state index in [1.165, 1.54) is 18.1 Å². The molecular weight excluding hydrogens is 379 g/mol. The topological polar surface area (TPSA) is 88.1 Å². The fourth-order valence-electron chi connectivity index (χ4n) is 3.39. The molecule has 154 valence electrons.